The van der Waals surface area contributed by atoms with Crippen molar-refractivity contribution >= 4 is 17.4 Å². The Balaban J connectivity index is 3.03. The maximum absolute atomic E-state index is 12.0. The van der Waals surface area contributed by atoms with Gasteiger partial charge in [0, 0.05) is 10.9 Å². The average molecular weight is 237 g/mol. The molecule has 1 rings (SSSR count). The summed E-state index contributed by atoms with van der Waals surface area (Å²) in [6, 6.07) is 7.51. The summed E-state index contributed by atoms with van der Waals surface area (Å²) in [4.78, 5) is 12.0. The highest BCUT2D eigenvalue weighted by molar-refractivity contribution is 6.30. The van der Waals surface area contributed by atoms with Crippen LogP contribution in [0.1, 0.15) is 32.3 Å². The molecule has 0 bridgehead atoms. The van der Waals surface area contributed by atoms with Crippen molar-refractivity contribution in [3.63, 3.8) is 0 Å². The molecule has 0 spiro atoms. The van der Waals surface area contributed by atoms with Crippen LogP contribution in [0.4, 0.5) is 0 Å². The number of halogens is 1. The molecule has 0 fully saturated rings. The van der Waals surface area contributed by atoms with Crippen molar-refractivity contribution in [2.75, 3.05) is 0 Å². The van der Waals surface area contributed by atoms with Gasteiger partial charge in [-0.25, -0.2) is 0 Å². The smallest absolute Gasteiger partial charge is 0.163 e. The predicted molar refractivity (Wildman–Crippen MR) is 68.9 cm³/mol. The average Bonchev–Trinajstić information content (AvgIpc) is 2.21. The summed E-state index contributed by atoms with van der Waals surface area (Å²) in [5, 5.41) is 0.699. The second-order valence-electron chi connectivity index (χ2n) is 4.18. The van der Waals surface area contributed by atoms with Gasteiger partial charge in [0.1, 0.15) is 0 Å². The number of allylic oxidation sites excluding steroid dienone is 2. The lowest BCUT2D eigenvalue weighted by molar-refractivity contribution is -0.116. The molecule has 2 heteroatoms. The first-order valence-corrected chi connectivity index (χ1v) is 5.86. The Morgan fingerprint density at radius 3 is 2.25 bits per heavy atom. The van der Waals surface area contributed by atoms with Crippen molar-refractivity contribution in [3.05, 3.63) is 47.0 Å². The first kappa shape index (κ1) is 13.0. The first-order valence-electron chi connectivity index (χ1n) is 5.48. The number of hydrogen-bond donors (Lipinski definition) is 0. The van der Waals surface area contributed by atoms with Gasteiger partial charge in [-0.2, -0.15) is 0 Å². The quantitative estimate of drug-likeness (QED) is 0.716. The van der Waals surface area contributed by atoms with Crippen molar-refractivity contribution < 1.29 is 4.79 Å². The van der Waals surface area contributed by atoms with E-state index in [0.717, 1.165) is 5.56 Å². The van der Waals surface area contributed by atoms with Crippen LogP contribution in [0.15, 0.2) is 36.4 Å². The van der Waals surface area contributed by atoms with Crippen molar-refractivity contribution in [3.8, 4) is 0 Å². The molecule has 0 amide bonds. The van der Waals surface area contributed by atoms with E-state index in [4.69, 9.17) is 11.6 Å². The summed E-state index contributed by atoms with van der Waals surface area (Å²) in [6.45, 7) is 5.97. The van der Waals surface area contributed by atoms with Gasteiger partial charge < -0.3 is 0 Å². The van der Waals surface area contributed by atoms with Crippen LogP contribution < -0.4 is 0 Å². The fraction of sp³-hybridized carbons (Fsp3) is 0.357. The molecule has 0 saturated heterocycles. The number of hydrogen-bond acceptors (Lipinski definition) is 1. The summed E-state index contributed by atoms with van der Waals surface area (Å²) in [7, 11) is 0. The highest BCUT2D eigenvalue weighted by atomic mass is 35.5. The van der Waals surface area contributed by atoms with E-state index in [1.165, 1.54) is 0 Å². The Bertz CT molecular complexity index is 376. The number of benzene rings is 1. The first-order chi connectivity index (χ1) is 7.56. The molecule has 0 aliphatic heterocycles. The molecule has 1 atom stereocenters. The normalized spacial score (nSPS) is 13.3. The minimum absolute atomic E-state index is 0.0755. The predicted octanol–water partition coefficient (Wildman–Crippen LogP) is 4.22. The molecule has 0 radical (unpaired) electrons. The Kier molecular flexibility index (Phi) is 4.75. The summed E-state index contributed by atoms with van der Waals surface area (Å²) < 4.78 is 0. The van der Waals surface area contributed by atoms with Crippen molar-refractivity contribution in [1.29, 1.82) is 0 Å². The van der Waals surface area contributed by atoms with Crippen LogP contribution in [0.2, 0.25) is 5.02 Å². The highest BCUT2D eigenvalue weighted by Crippen LogP contribution is 2.27. The lowest BCUT2D eigenvalue weighted by atomic mass is 9.85. The third-order valence-corrected chi connectivity index (χ3v) is 2.79. The van der Waals surface area contributed by atoms with Gasteiger partial charge in [-0.3, -0.25) is 4.79 Å². The zero-order chi connectivity index (χ0) is 12.1. The van der Waals surface area contributed by atoms with Gasteiger partial charge in [-0.05, 0) is 36.6 Å². The van der Waals surface area contributed by atoms with E-state index < -0.39 is 0 Å². The molecule has 16 heavy (non-hydrogen) atoms. The van der Waals surface area contributed by atoms with E-state index in [1.807, 2.05) is 31.2 Å². The lowest BCUT2D eigenvalue weighted by Crippen LogP contribution is -2.16. The summed E-state index contributed by atoms with van der Waals surface area (Å²) in [5.74, 6) is 0.359. The van der Waals surface area contributed by atoms with Gasteiger partial charge in [-0.1, -0.05) is 43.7 Å². The number of carbonyl (C=O) groups excluding carboxylic acids is 1. The van der Waals surface area contributed by atoms with Crippen LogP contribution in [-0.4, -0.2) is 5.78 Å². The molecule has 86 valence electrons. The monoisotopic (exact) mass is 236 g/mol. The van der Waals surface area contributed by atoms with Gasteiger partial charge in [0.15, 0.2) is 5.78 Å². The number of ketones is 1. The Morgan fingerprint density at radius 2 is 1.81 bits per heavy atom. The topological polar surface area (TPSA) is 17.1 Å². The molecule has 1 aromatic carbocycles. The van der Waals surface area contributed by atoms with Crippen LogP contribution in [0.3, 0.4) is 0 Å². The fourth-order valence-corrected chi connectivity index (χ4v) is 1.94. The van der Waals surface area contributed by atoms with Crippen molar-refractivity contribution in [2.45, 2.75) is 26.7 Å². The van der Waals surface area contributed by atoms with E-state index in [1.54, 1.807) is 12.2 Å². The lowest BCUT2D eigenvalue weighted by Gasteiger charge is -2.18. The third kappa shape index (κ3) is 3.21. The van der Waals surface area contributed by atoms with Gasteiger partial charge in [0.05, 0.1) is 0 Å². The second kappa shape index (κ2) is 5.86. The molecule has 0 aromatic heterocycles. The minimum atomic E-state index is -0.0755. The van der Waals surface area contributed by atoms with Gasteiger partial charge >= 0.3 is 0 Å². The molecule has 1 aromatic rings. The SMILES string of the molecule is C/C=C/C(=O)C(c1ccc(Cl)cc1)C(C)C. The molecule has 1 nitrogen and oxygen atoms in total. The Hall–Kier alpha value is -1.08. The Morgan fingerprint density at radius 1 is 1.25 bits per heavy atom. The van der Waals surface area contributed by atoms with Crippen LogP contribution in [0.25, 0.3) is 0 Å². The van der Waals surface area contributed by atoms with Crippen molar-refractivity contribution in [2.24, 2.45) is 5.92 Å². The minimum Gasteiger partial charge on any atom is -0.294 e. The molecular weight excluding hydrogens is 220 g/mol. The van der Waals surface area contributed by atoms with Crippen LogP contribution in [0.5, 0.6) is 0 Å². The van der Waals surface area contributed by atoms with E-state index >= 15 is 0 Å². The second-order valence-corrected chi connectivity index (χ2v) is 4.61. The summed E-state index contributed by atoms with van der Waals surface area (Å²) in [6.07, 6.45) is 3.42. The fourth-order valence-electron chi connectivity index (χ4n) is 1.82. The summed E-state index contributed by atoms with van der Waals surface area (Å²) >= 11 is 5.84. The van der Waals surface area contributed by atoms with Gasteiger partial charge in [0.2, 0.25) is 0 Å². The van der Waals surface area contributed by atoms with E-state index in [2.05, 4.69) is 13.8 Å². The third-order valence-electron chi connectivity index (χ3n) is 2.53. The molecular formula is C14H17ClO. The molecule has 1 unspecified atom stereocenters. The number of rotatable bonds is 4. The number of carbonyl (C=O) groups is 1. The van der Waals surface area contributed by atoms with Gasteiger partial charge in [0.25, 0.3) is 0 Å². The highest BCUT2D eigenvalue weighted by Gasteiger charge is 2.21. The van der Waals surface area contributed by atoms with E-state index in [0.29, 0.717) is 5.02 Å². The largest absolute Gasteiger partial charge is 0.294 e. The molecule has 0 aliphatic rings. The van der Waals surface area contributed by atoms with E-state index in [9.17, 15) is 4.79 Å². The standard InChI is InChI=1S/C14H17ClO/c1-4-5-13(16)14(10(2)3)11-6-8-12(15)9-7-11/h4-10,14H,1-3H3/b5-4+. The van der Waals surface area contributed by atoms with Crippen LogP contribution in [-0.2, 0) is 4.79 Å². The summed E-state index contributed by atoms with van der Waals surface area (Å²) in [5.41, 5.74) is 1.03. The van der Waals surface area contributed by atoms with Gasteiger partial charge in [-0.15, -0.1) is 0 Å². The molecule has 0 aliphatic carbocycles. The molecule has 0 heterocycles. The van der Waals surface area contributed by atoms with Crippen molar-refractivity contribution in [1.82, 2.24) is 0 Å². The van der Waals surface area contributed by atoms with Crippen LogP contribution >= 0.6 is 11.6 Å². The molecule has 0 N–H and O–H groups in total. The maximum atomic E-state index is 12.0. The Labute approximate surface area is 102 Å². The van der Waals surface area contributed by atoms with E-state index in [-0.39, 0.29) is 17.6 Å². The molecule has 0 saturated carbocycles. The van der Waals surface area contributed by atoms with Crippen LogP contribution in [0, 0.1) is 5.92 Å². The zero-order valence-corrected chi connectivity index (χ0v) is 10.7. The maximum Gasteiger partial charge on any atom is 0.163 e. The zero-order valence-electron chi connectivity index (χ0n) is 9.91.